The number of imidazole rings is 1. The number of fused-ring (bicyclic) bond motifs is 1. The molecule has 2 aromatic rings. The molecule has 0 saturated carbocycles. The molecule has 2 aromatic heterocycles. The van der Waals surface area contributed by atoms with Gasteiger partial charge in [-0.15, -0.1) is 11.3 Å². The number of nitrogens with one attached hydrogen (secondary N) is 1. The maximum atomic E-state index is 11.4. The van der Waals surface area contributed by atoms with Gasteiger partial charge in [0.15, 0.2) is 0 Å². The lowest BCUT2D eigenvalue weighted by Gasteiger charge is -2.03. The Hall–Kier alpha value is -1.03. The van der Waals surface area contributed by atoms with Gasteiger partial charge >= 0.3 is 5.69 Å². The summed E-state index contributed by atoms with van der Waals surface area (Å²) < 4.78 is 1.78. The lowest BCUT2D eigenvalue weighted by molar-refractivity contribution is 0.600. The van der Waals surface area contributed by atoms with Gasteiger partial charge in [-0.25, -0.2) is 4.79 Å². The zero-order chi connectivity index (χ0) is 8.72. The summed E-state index contributed by atoms with van der Waals surface area (Å²) in [4.78, 5) is 15.2. The zero-order valence-electron chi connectivity index (χ0n) is 7.00. The third kappa shape index (κ3) is 0.914. The summed E-state index contributed by atoms with van der Waals surface area (Å²) in [6.07, 6.45) is 0. The van der Waals surface area contributed by atoms with E-state index < -0.39 is 0 Å². The van der Waals surface area contributed by atoms with Crippen LogP contribution in [-0.4, -0.2) is 9.55 Å². The molecule has 2 heterocycles. The molecule has 0 aliphatic heterocycles. The number of nitrogens with zero attached hydrogens (tertiary/aromatic N) is 1. The topological polar surface area (TPSA) is 37.8 Å². The molecule has 4 heteroatoms. The van der Waals surface area contributed by atoms with Crippen LogP contribution in [0.2, 0.25) is 0 Å². The van der Waals surface area contributed by atoms with Crippen molar-refractivity contribution >= 4 is 21.7 Å². The average molecular weight is 182 g/mol. The highest BCUT2D eigenvalue weighted by atomic mass is 32.1. The summed E-state index contributed by atoms with van der Waals surface area (Å²) in [5.41, 5.74) is 0.936. The summed E-state index contributed by atoms with van der Waals surface area (Å²) in [6.45, 7) is 4.02. The predicted octanol–water partition coefficient (Wildman–Crippen LogP) is 1.97. The monoisotopic (exact) mass is 182 g/mol. The molecule has 0 spiro atoms. The van der Waals surface area contributed by atoms with Crippen molar-refractivity contribution in [2.45, 2.75) is 19.9 Å². The Morgan fingerprint density at radius 3 is 3.00 bits per heavy atom. The standard InChI is InChI=1S/C8H10N2OS/c1-5(2)10-7-6(3-4-12-7)9-8(10)11/h3-5H,1-2H3,(H,9,11). The molecular weight excluding hydrogens is 172 g/mol. The van der Waals surface area contributed by atoms with E-state index in [2.05, 4.69) is 4.98 Å². The maximum Gasteiger partial charge on any atom is 0.327 e. The highest BCUT2D eigenvalue weighted by Crippen LogP contribution is 2.19. The van der Waals surface area contributed by atoms with Crippen LogP contribution in [0.1, 0.15) is 19.9 Å². The lowest BCUT2D eigenvalue weighted by atomic mass is 10.4. The van der Waals surface area contributed by atoms with E-state index >= 15 is 0 Å². The van der Waals surface area contributed by atoms with E-state index in [0.717, 1.165) is 10.3 Å². The van der Waals surface area contributed by atoms with Gasteiger partial charge in [0.1, 0.15) is 4.83 Å². The van der Waals surface area contributed by atoms with Crippen molar-refractivity contribution in [2.75, 3.05) is 0 Å². The maximum absolute atomic E-state index is 11.4. The van der Waals surface area contributed by atoms with Crippen molar-refractivity contribution in [3.05, 3.63) is 21.9 Å². The molecule has 1 N–H and O–H groups in total. The van der Waals surface area contributed by atoms with Crippen LogP contribution >= 0.6 is 11.3 Å². The molecular formula is C8H10N2OS. The van der Waals surface area contributed by atoms with Gasteiger partial charge in [-0.3, -0.25) is 4.57 Å². The molecule has 12 heavy (non-hydrogen) atoms. The fourth-order valence-electron chi connectivity index (χ4n) is 1.32. The fourth-order valence-corrected chi connectivity index (χ4v) is 2.31. The normalized spacial score (nSPS) is 11.6. The minimum Gasteiger partial charge on any atom is -0.305 e. The quantitative estimate of drug-likeness (QED) is 0.719. The van der Waals surface area contributed by atoms with E-state index in [4.69, 9.17) is 0 Å². The van der Waals surface area contributed by atoms with Gasteiger partial charge in [0, 0.05) is 6.04 Å². The van der Waals surface area contributed by atoms with Crippen LogP contribution in [0.4, 0.5) is 0 Å². The zero-order valence-corrected chi connectivity index (χ0v) is 7.81. The third-order valence-corrected chi connectivity index (χ3v) is 2.75. The first kappa shape index (κ1) is 7.61. The van der Waals surface area contributed by atoms with Crippen LogP contribution in [-0.2, 0) is 0 Å². The van der Waals surface area contributed by atoms with Gasteiger partial charge in [-0.1, -0.05) is 0 Å². The van der Waals surface area contributed by atoms with E-state index in [0.29, 0.717) is 0 Å². The largest absolute Gasteiger partial charge is 0.327 e. The van der Waals surface area contributed by atoms with Gasteiger partial charge in [0.05, 0.1) is 5.52 Å². The van der Waals surface area contributed by atoms with Gasteiger partial charge in [0.25, 0.3) is 0 Å². The summed E-state index contributed by atoms with van der Waals surface area (Å²) >= 11 is 1.59. The Morgan fingerprint density at radius 2 is 2.33 bits per heavy atom. The smallest absolute Gasteiger partial charge is 0.305 e. The molecule has 2 rings (SSSR count). The van der Waals surface area contributed by atoms with Crippen molar-refractivity contribution in [1.82, 2.24) is 9.55 Å². The van der Waals surface area contributed by atoms with Gasteiger partial charge in [0.2, 0.25) is 0 Å². The van der Waals surface area contributed by atoms with Gasteiger partial charge in [-0.2, -0.15) is 0 Å². The van der Waals surface area contributed by atoms with E-state index in [1.165, 1.54) is 0 Å². The van der Waals surface area contributed by atoms with E-state index in [1.54, 1.807) is 15.9 Å². The Bertz CT molecular complexity index is 449. The predicted molar refractivity (Wildman–Crippen MR) is 50.8 cm³/mol. The number of thiophene rings is 1. The Morgan fingerprint density at radius 1 is 1.58 bits per heavy atom. The van der Waals surface area contributed by atoms with Crippen LogP contribution in [0.5, 0.6) is 0 Å². The third-order valence-electron chi connectivity index (χ3n) is 1.84. The van der Waals surface area contributed by atoms with Gasteiger partial charge in [-0.05, 0) is 25.3 Å². The SMILES string of the molecule is CC(C)n1c(=O)[nH]c2ccsc21. The second-order valence-electron chi connectivity index (χ2n) is 3.03. The number of hydrogen-bond donors (Lipinski definition) is 1. The van der Waals surface area contributed by atoms with Crippen molar-refractivity contribution in [3.8, 4) is 0 Å². The summed E-state index contributed by atoms with van der Waals surface area (Å²) in [7, 11) is 0. The van der Waals surface area contributed by atoms with Gasteiger partial charge < -0.3 is 4.98 Å². The molecule has 0 radical (unpaired) electrons. The number of hydrogen-bond acceptors (Lipinski definition) is 2. The second kappa shape index (κ2) is 2.48. The summed E-state index contributed by atoms with van der Waals surface area (Å²) in [5, 5.41) is 1.99. The minimum absolute atomic E-state index is 0.00755. The molecule has 0 atom stereocenters. The highest BCUT2D eigenvalue weighted by Gasteiger charge is 2.09. The molecule has 64 valence electrons. The molecule has 0 aliphatic rings. The van der Waals surface area contributed by atoms with Crippen molar-refractivity contribution in [3.63, 3.8) is 0 Å². The highest BCUT2D eigenvalue weighted by molar-refractivity contribution is 7.16. The second-order valence-corrected chi connectivity index (χ2v) is 3.93. The molecule has 0 aliphatic carbocycles. The molecule has 0 fully saturated rings. The molecule has 0 bridgehead atoms. The number of H-pyrrole nitrogens is 1. The molecule has 0 amide bonds. The first-order chi connectivity index (χ1) is 5.70. The fraction of sp³-hybridized carbons (Fsp3) is 0.375. The van der Waals surface area contributed by atoms with E-state index in [9.17, 15) is 4.79 Å². The van der Waals surface area contributed by atoms with Crippen molar-refractivity contribution in [2.24, 2.45) is 0 Å². The van der Waals surface area contributed by atoms with Crippen LogP contribution < -0.4 is 5.69 Å². The summed E-state index contributed by atoms with van der Waals surface area (Å²) in [5.74, 6) is 0. The van der Waals surface area contributed by atoms with Crippen LogP contribution in [0.15, 0.2) is 16.2 Å². The number of rotatable bonds is 1. The van der Waals surface area contributed by atoms with Crippen molar-refractivity contribution < 1.29 is 0 Å². The van der Waals surface area contributed by atoms with Crippen LogP contribution in [0, 0.1) is 0 Å². The first-order valence-electron chi connectivity index (χ1n) is 3.88. The molecule has 0 saturated heterocycles. The van der Waals surface area contributed by atoms with E-state index in [1.807, 2.05) is 25.3 Å². The minimum atomic E-state index is -0.00755. The van der Waals surface area contributed by atoms with Crippen LogP contribution in [0.25, 0.3) is 10.3 Å². The average Bonchev–Trinajstić information content (AvgIpc) is 2.44. The summed E-state index contributed by atoms with van der Waals surface area (Å²) in [6, 6.07) is 2.16. The molecule has 3 nitrogen and oxygen atoms in total. The Balaban J connectivity index is 2.85. The molecule has 0 aromatic carbocycles. The number of aromatic amines is 1. The number of aromatic nitrogens is 2. The Kier molecular flexibility index (Phi) is 1.58. The lowest BCUT2D eigenvalue weighted by Crippen LogP contribution is -2.18. The van der Waals surface area contributed by atoms with Crippen molar-refractivity contribution in [1.29, 1.82) is 0 Å². The molecule has 0 unspecified atom stereocenters. The van der Waals surface area contributed by atoms with Crippen LogP contribution in [0.3, 0.4) is 0 Å². The Labute approximate surface area is 73.6 Å². The first-order valence-corrected chi connectivity index (χ1v) is 4.76. The van der Waals surface area contributed by atoms with E-state index in [-0.39, 0.29) is 11.7 Å².